The van der Waals surface area contributed by atoms with Crippen LogP contribution in [0.2, 0.25) is 0 Å². The Kier molecular flexibility index (Phi) is 2.74. The van der Waals surface area contributed by atoms with E-state index < -0.39 is 5.54 Å². The first-order valence-corrected chi connectivity index (χ1v) is 6.20. The van der Waals surface area contributed by atoms with Crippen molar-refractivity contribution in [3.05, 3.63) is 35.6 Å². The van der Waals surface area contributed by atoms with E-state index >= 15 is 0 Å². The number of rotatable bonds is 2. The Bertz CT molecular complexity index is 523. The molecule has 19 heavy (non-hydrogen) atoms. The molecule has 0 aliphatic carbocycles. The fourth-order valence-corrected chi connectivity index (χ4v) is 2.57. The summed E-state index contributed by atoms with van der Waals surface area (Å²) in [6.45, 7) is 1.36. The minimum absolute atomic E-state index is 0.173. The maximum Gasteiger partial charge on any atom is 0.325 e. The lowest BCUT2D eigenvalue weighted by Crippen LogP contribution is -2.48. The highest BCUT2D eigenvalue weighted by molar-refractivity contribution is 6.07. The molecule has 2 saturated heterocycles. The van der Waals surface area contributed by atoms with Gasteiger partial charge in [0.15, 0.2) is 0 Å². The van der Waals surface area contributed by atoms with Gasteiger partial charge in [-0.1, -0.05) is 12.1 Å². The predicted molar refractivity (Wildman–Crippen MR) is 65.7 cm³/mol. The Labute approximate surface area is 109 Å². The van der Waals surface area contributed by atoms with Crippen LogP contribution in [0.25, 0.3) is 0 Å². The van der Waals surface area contributed by atoms with Gasteiger partial charge in [0.1, 0.15) is 11.4 Å². The molecule has 2 aliphatic heterocycles. The van der Waals surface area contributed by atoms with Crippen LogP contribution >= 0.6 is 0 Å². The fourth-order valence-electron chi connectivity index (χ4n) is 2.57. The van der Waals surface area contributed by atoms with E-state index in [9.17, 15) is 14.0 Å². The third kappa shape index (κ3) is 1.98. The van der Waals surface area contributed by atoms with Gasteiger partial charge in [0.2, 0.25) is 0 Å². The van der Waals surface area contributed by atoms with Crippen molar-refractivity contribution in [2.24, 2.45) is 0 Å². The van der Waals surface area contributed by atoms with Crippen molar-refractivity contribution in [1.29, 1.82) is 0 Å². The molecule has 2 aliphatic rings. The fraction of sp³-hybridized carbons (Fsp3) is 0.385. The van der Waals surface area contributed by atoms with E-state index in [0.717, 1.165) is 12.1 Å². The second-order valence-electron chi connectivity index (χ2n) is 4.96. The second kappa shape index (κ2) is 4.31. The van der Waals surface area contributed by atoms with Gasteiger partial charge in [-0.3, -0.25) is 9.69 Å². The molecule has 5 nitrogen and oxygen atoms in total. The number of nitrogens with zero attached hydrogens (tertiary/aromatic N) is 1. The van der Waals surface area contributed by atoms with Crippen molar-refractivity contribution in [3.8, 4) is 0 Å². The molecule has 100 valence electrons. The molecular formula is C13H14FN3O2. The van der Waals surface area contributed by atoms with Crippen LogP contribution < -0.4 is 10.6 Å². The summed E-state index contributed by atoms with van der Waals surface area (Å²) in [5, 5.41) is 5.85. The van der Waals surface area contributed by atoms with Crippen molar-refractivity contribution in [2.75, 3.05) is 13.1 Å². The largest absolute Gasteiger partial charge is 0.325 e. The zero-order chi connectivity index (χ0) is 13.5. The Hall–Kier alpha value is -1.95. The maximum atomic E-state index is 12.8. The van der Waals surface area contributed by atoms with Gasteiger partial charge in [0.25, 0.3) is 5.91 Å². The van der Waals surface area contributed by atoms with E-state index in [4.69, 9.17) is 0 Å². The molecule has 3 rings (SSSR count). The van der Waals surface area contributed by atoms with E-state index in [1.165, 1.54) is 17.0 Å². The van der Waals surface area contributed by atoms with Crippen LogP contribution in [0, 0.1) is 5.82 Å². The lowest BCUT2D eigenvalue weighted by Gasteiger charge is -2.19. The van der Waals surface area contributed by atoms with Crippen molar-refractivity contribution in [2.45, 2.75) is 18.5 Å². The summed E-state index contributed by atoms with van der Waals surface area (Å²) >= 11 is 0. The highest BCUT2D eigenvalue weighted by Crippen LogP contribution is 2.25. The standard InChI is InChI=1S/C13H14FN3O2/c14-10-3-1-9(2-4-10)7-17-11(18)13(16-12(17)19)5-6-15-8-13/h1-4,15H,5-8H2,(H,16,19)/t13-/m0/s1. The minimum atomic E-state index is -0.781. The van der Waals surface area contributed by atoms with Crippen LogP contribution in [0.15, 0.2) is 24.3 Å². The van der Waals surface area contributed by atoms with Crippen LogP contribution in [0.1, 0.15) is 12.0 Å². The first-order chi connectivity index (χ1) is 9.11. The SMILES string of the molecule is O=C1N[C@]2(CCNC2)C(=O)N1Cc1ccc(F)cc1. The topological polar surface area (TPSA) is 61.4 Å². The van der Waals surface area contributed by atoms with Gasteiger partial charge in [0.05, 0.1) is 6.54 Å². The number of halogens is 1. The number of amides is 3. The Morgan fingerprint density at radius 2 is 2.00 bits per heavy atom. The molecule has 1 atom stereocenters. The van der Waals surface area contributed by atoms with Crippen LogP contribution in [0.4, 0.5) is 9.18 Å². The molecule has 0 unspecified atom stereocenters. The number of urea groups is 1. The lowest BCUT2D eigenvalue weighted by molar-refractivity contribution is -0.131. The van der Waals surface area contributed by atoms with Crippen LogP contribution in [0.5, 0.6) is 0 Å². The first-order valence-electron chi connectivity index (χ1n) is 6.20. The summed E-state index contributed by atoms with van der Waals surface area (Å²) in [6, 6.07) is 5.42. The van der Waals surface area contributed by atoms with Gasteiger partial charge in [-0.2, -0.15) is 0 Å². The van der Waals surface area contributed by atoms with Crippen molar-refractivity contribution in [3.63, 3.8) is 0 Å². The summed E-state index contributed by atoms with van der Waals surface area (Å²) in [5.41, 5.74) is -0.0511. The number of carbonyl (C=O) groups is 2. The van der Waals surface area contributed by atoms with Crippen molar-refractivity contribution in [1.82, 2.24) is 15.5 Å². The average Bonchev–Trinajstić information content (AvgIpc) is 2.94. The summed E-state index contributed by atoms with van der Waals surface area (Å²) in [5.74, 6) is -0.538. The quantitative estimate of drug-likeness (QED) is 0.769. The van der Waals surface area contributed by atoms with Crippen molar-refractivity contribution < 1.29 is 14.0 Å². The van der Waals surface area contributed by atoms with Gasteiger partial charge >= 0.3 is 6.03 Å². The highest BCUT2D eigenvalue weighted by atomic mass is 19.1. The normalized spacial score (nSPS) is 26.3. The Morgan fingerprint density at radius 3 is 2.63 bits per heavy atom. The van der Waals surface area contributed by atoms with E-state index in [-0.39, 0.29) is 24.3 Å². The zero-order valence-electron chi connectivity index (χ0n) is 10.3. The van der Waals surface area contributed by atoms with Crippen LogP contribution in [-0.2, 0) is 11.3 Å². The third-order valence-corrected chi connectivity index (χ3v) is 3.66. The number of carbonyl (C=O) groups excluding carboxylic acids is 2. The zero-order valence-corrected chi connectivity index (χ0v) is 10.3. The van der Waals surface area contributed by atoms with Gasteiger partial charge in [0, 0.05) is 6.54 Å². The second-order valence-corrected chi connectivity index (χ2v) is 4.96. The third-order valence-electron chi connectivity index (χ3n) is 3.66. The number of hydrogen-bond acceptors (Lipinski definition) is 3. The number of benzene rings is 1. The van der Waals surface area contributed by atoms with Gasteiger partial charge < -0.3 is 10.6 Å². The van der Waals surface area contributed by atoms with Crippen LogP contribution in [-0.4, -0.2) is 35.5 Å². The predicted octanol–water partition coefficient (Wildman–Crippen LogP) is 0.610. The Morgan fingerprint density at radius 1 is 1.26 bits per heavy atom. The monoisotopic (exact) mass is 263 g/mol. The maximum absolute atomic E-state index is 12.8. The molecule has 1 aromatic rings. The van der Waals surface area contributed by atoms with Gasteiger partial charge in [-0.25, -0.2) is 9.18 Å². The summed E-state index contributed by atoms with van der Waals surface area (Å²) in [7, 11) is 0. The lowest BCUT2D eigenvalue weighted by atomic mass is 9.99. The van der Waals surface area contributed by atoms with Crippen molar-refractivity contribution >= 4 is 11.9 Å². The van der Waals surface area contributed by atoms with E-state index in [2.05, 4.69) is 10.6 Å². The summed E-state index contributed by atoms with van der Waals surface area (Å²) in [6.07, 6.45) is 0.609. The molecule has 1 spiro atoms. The molecule has 2 heterocycles. The summed E-state index contributed by atoms with van der Waals surface area (Å²) < 4.78 is 12.8. The molecule has 6 heteroatoms. The molecule has 2 N–H and O–H groups in total. The molecule has 3 amide bonds. The summed E-state index contributed by atoms with van der Waals surface area (Å²) in [4.78, 5) is 25.4. The number of imide groups is 1. The smallest absolute Gasteiger partial charge is 0.322 e. The molecule has 2 fully saturated rings. The molecule has 1 aromatic carbocycles. The van der Waals surface area contributed by atoms with E-state index in [1.54, 1.807) is 12.1 Å². The van der Waals surface area contributed by atoms with E-state index in [0.29, 0.717) is 13.0 Å². The Balaban J connectivity index is 1.79. The molecule has 0 bridgehead atoms. The van der Waals surface area contributed by atoms with Gasteiger partial charge in [-0.15, -0.1) is 0 Å². The van der Waals surface area contributed by atoms with Gasteiger partial charge in [-0.05, 0) is 30.7 Å². The molecule has 0 saturated carbocycles. The van der Waals surface area contributed by atoms with Crippen LogP contribution in [0.3, 0.4) is 0 Å². The van der Waals surface area contributed by atoms with E-state index in [1.807, 2.05) is 0 Å². The molecular weight excluding hydrogens is 249 g/mol. The minimum Gasteiger partial charge on any atom is -0.322 e. The molecule has 0 aromatic heterocycles. The number of nitrogens with one attached hydrogen (secondary N) is 2. The highest BCUT2D eigenvalue weighted by Gasteiger charge is 2.52. The first kappa shape index (κ1) is 12.1. The average molecular weight is 263 g/mol. The molecule has 0 radical (unpaired) electrons. The number of hydrogen-bond donors (Lipinski definition) is 2.